The van der Waals surface area contributed by atoms with Crippen LogP contribution < -0.4 is 9.64 Å². The molecule has 0 radical (unpaired) electrons. The Balaban J connectivity index is 1.69. The molecule has 0 atom stereocenters. The maximum Gasteiger partial charge on any atom is 0.419 e. The molecular formula is C34H43F5N2O6. The van der Waals surface area contributed by atoms with Gasteiger partial charge in [-0.25, -0.2) is 13.6 Å². The summed E-state index contributed by atoms with van der Waals surface area (Å²) in [5, 5.41) is 0. The number of nitrogens with zero attached hydrogens (tertiary/aromatic N) is 2. The summed E-state index contributed by atoms with van der Waals surface area (Å²) in [5.74, 6) is -4.36. The lowest BCUT2D eigenvalue weighted by Gasteiger charge is -2.36. The van der Waals surface area contributed by atoms with Gasteiger partial charge in [0.15, 0.2) is 0 Å². The van der Waals surface area contributed by atoms with E-state index in [1.54, 1.807) is 0 Å². The van der Waals surface area contributed by atoms with E-state index >= 15 is 0 Å². The van der Waals surface area contributed by atoms with Gasteiger partial charge < -0.3 is 23.8 Å². The number of halogens is 5. The van der Waals surface area contributed by atoms with E-state index in [4.69, 9.17) is 18.9 Å². The predicted octanol–water partition coefficient (Wildman–Crippen LogP) is 7.34. The van der Waals surface area contributed by atoms with E-state index in [0.29, 0.717) is 25.3 Å². The largest absolute Gasteiger partial charge is 0.465 e. The number of piperidine rings is 1. The van der Waals surface area contributed by atoms with Gasteiger partial charge >= 0.3 is 12.1 Å². The van der Waals surface area contributed by atoms with Crippen molar-refractivity contribution in [1.29, 1.82) is 0 Å². The van der Waals surface area contributed by atoms with E-state index in [1.807, 2.05) is 0 Å². The standard InChI is InChI=1S/C34H43F5N2O6/c1-22-6-9-24(10-7-22)31(42)41(25(19-44-2)20-45-3)29-12-11-26(17-27(29)32(43)46-4)47-30-13-8-23(16-28(30)34(37,38)39)18-40-15-5-14-33(35,36)21-40/h8,11-13,16-17,22,24-25H,5-7,9-10,14-15,18-21H2,1-4H3. The lowest BCUT2D eigenvalue weighted by Crippen LogP contribution is -2.49. The molecular weight excluding hydrogens is 627 g/mol. The van der Waals surface area contributed by atoms with E-state index in [9.17, 15) is 31.5 Å². The first-order valence-electron chi connectivity index (χ1n) is 15.8. The number of hydrogen-bond acceptors (Lipinski definition) is 7. The van der Waals surface area contributed by atoms with Gasteiger partial charge in [-0.15, -0.1) is 0 Å². The van der Waals surface area contributed by atoms with Crippen LogP contribution in [0.15, 0.2) is 36.4 Å². The average Bonchev–Trinajstić information content (AvgIpc) is 3.01. The van der Waals surface area contributed by atoms with E-state index in [2.05, 4.69) is 6.92 Å². The quantitative estimate of drug-likeness (QED) is 0.173. The summed E-state index contributed by atoms with van der Waals surface area (Å²) >= 11 is 0. The number of carbonyl (C=O) groups excluding carboxylic acids is 2. The molecule has 0 N–H and O–H groups in total. The van der Waals surface area contributed by atoms with Gasteiger partial charge in [0.05, 0.1) is 49.7 Å². The molecule has 2 aromatic carbocycles. The summed E-state index contributed by atoms with van der Waals surface area (Å²) in [7, 11) is 4.13. The summed E-state index contributed by atoms with van der Waals surface area (Å²) in [6.45, 7) is 2.08. The van der Waals surface area contributed by atoms with E-state index in [1.165, 1.54) is 48.3 Å². The van der Waals surface area contributed by atoms with Gasteiger partial charge in [0.25, 0.3) is 5.92 Å². The second kappa shape index (κ2) is 15.7. The minimum Gasteiger partial charge on any atom is -0.465 e. The number of esters is 1. The molecule has 2 aromatic rings. The predicted molar refractivity (Wildman–Crippen MR) is 165 cm³/mol. The van der Waals surface area contributed by atoms with Gasteiger partial charge in [-0.3, -0.25) is 9.69 Å². The van der Waals surface area contributed by atoms with Crippen molar-refractivity contribution < 1.29 is 50.5 Å². The van der Waals surface area contributed by atoms with Gasteiger partial charge in [0.1, 0.15) is 11.5 Å². The normalized spacial score (nSPS) is 20.2. The van der Waals surface area contributed by atoms with E-state index in [-0.39, 0.29) is 67.0 Å². The highest BCUT2D eigenvalue weighted by atomic mass is 19.4. The van der Waals surface area contributed by atoms with Crippen molar-refractivity contribution in [3.8, 4) is 11.5 Å². The van der Waals surface area contributed by atoms with Crippen LogP contribution in [-0.4, -0.2) is 76.4 Å². The summed E-state index contributed by atoms with van der Waals surface area (Å²) in [4.78, 5) is 30.1. The Morgan fingerprint density at radius 1 is 1.00 bits per heavy atom. The maximum absolute atomic E-state index is 14.2. The second-order valence-electron chi connectivity index (χ2n) is 12.5. The highest BCUT2D eigenvalue weighted by Gasteiger charge is 2.38. The van der Waals surface area contributed by atoms with Crippen molar-refractivity contribution in [2.24, 2.45) is 11.8 Å². The Hall–Kier alpha value is -3.29. The van der Waals surface area contributed by atoms with Crippen molar-refractivity contribution >= 4 is 17.6 Å². The number of alkyl halides is 5. The molecule has 1 aliphatic heterocycles. The van der Waals surface area contributed by atoms with Crippen molar-refractivity contribution in [3.63, 3.8) is 0 Å². The summed E-state index contributed by atoms with van der Waals surface area (Å²) < 4.78 is 92.0. The van der Waals surface area contributed by atoms with Gasteiger partial charge in [-0.1, -0.05) is 13.0 Å². The number of rotatable bonds is 12. The summed E-state index contributed by atoms with van der Waals surface area (Å²) in [5.41, 5.74) is -0.778. The minimum atomic E-state index is -4.82. The fourth-order valence-electron chi connectivity index (χ4n) is 6.40. The molecule has 0 spiro atoms. The molecule has 2 aliphatic rings. The lowest BCUT2D eigenvalue weighted by molar-refractivity contribution is -0.138. The third kappa shape index (κ3) is 9.41. The minimum absolute atomic E-state index is 0.0754. The molecule has 0 bridgehead atoms. The number of amides is 1. The molecule has 260 valence electrons. The first-order chi connectivity index (χ1) is 22.3. The molecule has 0 unspecified atom stereocenters. The van der Waals surface area contributed by atoms with Gasteiger partial charge in [0, 0.05) is 33.1 Å². The average molecular weight is 671 g/mol. The molecule has 0 aromatic heterocycles. The third-order valence-electron chi connectivity index (χ3n) is 8.77. The second-order valence-corrected chi connectivity index (χ2v) is 12.5. The topological polar surface area (TPSA) is 77.5 Å². The zero-order valence-corrected chi connectivity index (χ0v) is 27.2. The molecule has 4 rings (SSSR count). The zero-order chi connectivity index (χ0) is 34.4. The Morgan fingerprint density at radius 3 is 2.28 bits per heavy atom. The van der Waals surface area contributed by atoms with Crippen LogP contribution in [0.5, 0.6) is 11.5 Å². The highest BCUT2D eigenvalue weighted by molar-refractivity contribution is 6.04. The molecule has 1 amide bonds. The van der Waals surface area contributed by atoms with Crippen LogP contribution in [0, 0.1) is 11.8 Å². The zero-order valence-electron chi connectivity index (χ0n) is 27.2. The molecule has 1 saturated heterocycles. The van der Waals surface area contributed by atoms with Crippen LogP contribution >= 0.6 is 0 Å². The Morgan fingerprint density at radius 2 is 1.68 bits per heavy atom. The van der Waals surface area contributed by atoms with Crippen molar-refractivity contribution in [2.75, 3.05) is 52.5 Å². The van der Waals surface area contributed by atoms with Crippen molar-refractivity contribution in [1.82, 2.24) is 4.90 Å². The fraction of sp³-hybridized carbons (Fsp3) is 0.588. The molecule has 1 aliphatic carbocycles. The SMILES string of the molecule is COCC(COC)N(C(=O)C1CCC(C)CC1)c1ccc(Oc2ccc(CN3CCCC(F)(F)C3)cc2C(F)(F)F)cc1C(=O)OC. The molecule has 1 saturated carbocycles. The van der Waals surface area contributed by atoms with Crippen LogP contribution in [-0.2, 0) is 31.7 Å². The number of benzene rings is 2. The van der Waals surface area contributed by atoms with Crippen LogP contribution in [0.25, 0.3) is 0 Å². The first kappa shape index (κ1) is 36.5. The number of anilines is 1. The van der Waals surface area contributed by atoms with Crippen molar-refractivity contribution in [2.45, 2.75) is 70.1 Å². The molecule has 8 nitrogen and oxygen atoms in total. The molecule has 47 heavy (non-hydrogen) atoms. The summed E-state index contributed by atoms with van der Waals surface area (Å²) in [6.07, 6.45) is -1.71. The first-order valence-corrected chi connectivity index (χ1v) is 15.8. The fourth-order valence-corrected chi connectivity index (χ4v) is 6.40. The van der Waals surface area contributed by atoms with Gasteiger partial charge in [0.2, 0.25) is 5.91 Å². The van der Waals surface area contributed by atoms with Gasteiger partial charge in [-0.2, -0.15) is 13.2 Å². The van der Waals surface area contributed by atoms with Gasteiger partial charge in [-0.05, 0) is 80.5 Å². The molecule has 2 fully saturated rings. The molecule has 13 heteroatoms. The number of likely N-dealkylation sites (tertiary alicyclic amines) is 1. The number of methoxy groups -OCH3 is 3. The Bertz CT molecular complexity index is 1370. The van der Waals surface area contributed by atoms with Crippen LogP contribution in [0.3, 0.4) is 0 Å². The monoisotopic (exact) mass is 670 g/mol. The lowest BCUT2D eigenvalue weighted by atomic mass is 9.82. The third-order valence-corrected chi connectivity index (χ3v) is 8.77. The maximum atomic E-state index is 14.2. The number of carbonyl (C=O) groups is 2. The van der Waals surface area contributed by atoms with Crippen molar-refractivity contribution in [3.05, 3.63) is 53.1 Å². The number of ether oxygens (including phenoxy) is 4. The summed E-state index contributed by atoms with van der Waals surface area (Å²) in [6, 6.07) is 6.88. The van der Waals surface area contributed by atoms with E-state index in [0.717, 1.165) is 32.1 Å². The van der Waals surface area contributed by atoms with E-state index < -0.39 is 42.0 Å². The number of hydrogen-bond donors (Lipinski definition) is 0. The van der Waals surface area contributed by atoms with Crippen LogP contribution in [0.2, 0.25) is 0 Å². The van der Waals surface area contributed by atoms with Crippen LogP contribution in [0.1, 0.15) is 66.9 Å². The van der Waals surface area contributed by atoms with Crippen LogP contribution in [0.4, 0.5) is 27.6 Å². The smallest absolute Gasteiger partial charge is 0.419 e. The molecule has 1 heterocycles. The highest BCUT2D eigenvalue weighted by Crippen LogP contribution is 2.41. The Kier molecular flexibility index (Phi) is 12.2. The Labute approximate surface area is 272 Å².